The summed E-state index contributed by atoms with van der Waals surface area (Å²) in [6, 6.07) is 0. The fourth-order valence-electron chi connectivity index (χ4n) is 2.81. The van der Waals surface area contributed by atoms with Crippen LogP contribution in [0, 0.1) is 5.41 Å². The van der Waals surface area contributed by atoms with Crippen molar-refractivity contribution in [3.05, 3.63) is 22.7 Å². The Morgan fingerprint density at radius 1 is 1.35 bits per heavy atom. The fraction of sp³-hybridized carbons (Fsp3) is 0.667. The molecular formula is C12H17N3O2. The molecule has 0 saturated carbocycles. The molecule has 2 aliphatic heterocycles. The lowest BCUT2D eigenvalue weighted by Crippen LogP contribution is -2.42. The van der Waals surface area contributed by atoms with Crippen molar-refractivity contribution in [2.45, 2.75) is 19.3 Å². The lowest BCUT2D eigenvalue weighted by molar-refractivity contribution is 0.133. The Labute approximate surface area is 99.8 Å². The maximum atomic E-state index is 11.6. The van der Waals surface area contributed by atoms with Crippen molar-refractivity contribution in [3.63, 3.8) is 0 Å². The Morgan fingerprint density at radius 2 is 2.18 bits per heavy atom. The molecule has 1 spiro atoms. The van der Waals surface area contributed by atoms with Crippen LogP contribution in [0.25, 0.3) is 0 Å². The first kappa shape index (κ1) is 10.8. The minimum atomic E-state index is -0.0916. The highest BCUT2D eigenvalue weighted by Crippen LogP contribution is 2.39. The number of aromatic amines is 1. The van der Waals surface area contributed by atoms with Crippen molar-refractivity contribution >= 4 is 5.82 Å². The molecule has 0 radical (unpaired) electrons. The quantitative estimate of drug-likeness (QED) is 0.781. The Morgan fingerprint density at radius 3 is 2.82 bits per heavy atom. The first-order valence-corrected chi connectivity index (χ1v) is 6.16. The van der Waals surface area contributed by atoms with Gasteiger partial charge in [0.2, 0.25) is 0 Å². The molecule has 5 heteroatoms. The summed E-state index contributed by atoms with van der Waals surface area (Å²) >= 11 is 0. The van der Waals surface area contributed by atoms with Gasteiger partial charge in [-0.2, -0.15) is 0 Å². The molecule has 3 heterocycles. The van der Waals surface area contributed by atoms with E-state index >= 15 is 0 Å². The van der Waals surface area contributed by atoms with Crippen molar-refractivity contribution in [1.29, 1.82) is 0 Å². The van der Waals surface area contributed by atoms with Gasteiger partial charge in [0.15, 0.2) is 5.82 Å². The molecule has 1 aromatic rings. The van der Waals surface area contributed by atoms with E-state index in [-0.39, 0.29) is 5.56 Å². The van der Waals surface area contributed by atoms with E-state index in [4.69, 9.17) is 4.74 Å². The molecule has 2 aliphatic rings. The molecule has 5 nitrogen and oxygen atoms in total. The van der Waals surface area contributed by atoms with Crippen LogP contribution in [0.3, 0.4) is 0 Å². The van der Waals surface area contributed by atoms with Gasteiger partial charge < -0.3 is 14.6 Å². The second-order valence-electron chi connectivity index (χ2n) is 5.03. The van der Waals surface area contributed by atoms with E-state index in [0.29, 0.717) is 11.2 Å². The van der Waals surface area contributed by atoms with Gasteiger partial charge in [-0.3, -0.25) is 4.79 Å². The molecule has 0 aromatic carbocycles. The summed E-state index contributed by atoms with van der Waals surface area (Å²) < 4.78 is 5.50. The van der Waals surface area contributed by atoms with Crippen LogP contribution in [0.2, 0.25) is 0 Å². The molecule has 92 valence electrons. The topological polar surface area (TPSA) is 58.2 Å². The first-order valence-electron chi connectivity index (χ1n) is 6.16. The Hall–Kier alpha value is -1.36. The van der Waals surface area contributed by atoms with E-state index in [9.17, 15) is 4.79 Å². The maximum absolute atomic E-state index is 11.6. The average molecular weight is 235 g/mol. The van der Waals surface area contributed by atoms with Gasteiger partial charge in [0.1, 0.15) is 0 Å². The fourth-order valence-corrected chi connectivity index (χ4v) is 2.81. The van der Waals surface area contributed by atoms with E-state index in [0.717, 1.165) is 39.1 Å². The highest BCUT2D eigenvalue weighted by Gasteiger charge is 2.38. The first-order chi connectivity index (χ1) is 8.29. The summed E-state index contributed by atoms with van der Waals surface area (Å²) in [5, 5.41) is 0. The van der Waals surface area contributed by atoms with E-state index in [1.54, 1.807) is 12.4 Å². The van der Waals surface area contributed by atoms with Crippen molar-refractivity contribution in [2.75, 3.05) is 31.2 Å². The predicted octanol–water partition coefficient (Wildman–Crippen LogP) is 0.777. The Bertz CT molecular complexity index is 441. The molecule has 0 amide bonds. The number of hydrogen-bond donors (Lipinski definition) is 1. The highest BCUT2D eigenvalue weighted by molar-refractivity contribution is 5.35. The van der Waals surface area contributed by atoms with Gasteiger partial charge >= 0.3 is 0 Å². The summed E-state index contributed by atoms with van der Waals surface area (Å²) in [6.45, 7) is 3.59. The number of anilines is 1. The normalized spacial score (nSPS) is 23.2. The molecule has 0 bridgehead atoms. The molecule has 1 aromatic heterocycles. The molecule has 2 fully saturated rings. The van der Waals surface area contributed by atoms with Gasteiger partial charge in [-0.25, -0.2) is 4.98 Å². The zero-order valence-electron chi connectivity index (χ0n) is 9.82. The summed E-state index contributed by atoms with van der Waals surface area (Å²) in [5.74, 6) is 0.557. The number of rotatable bonds is 1. The highest BCUT2D eigenvalue weighted by atomic mass is 16.5. The van der Waals surface area contributed by atoms with Crippen LogP contribution in [0.1, 0.15) is 19.3 Å². The lowest BCUT2D eigenvalue weighted by Gasteiger charge is -2.38. The molecule has 0 atom stereocenters. The van der Waals surface area contributed by atoms with Crippen molar-refractivity contribution < 1.29 is 4.74 Å². The molecule has 3 rings (SSSR count). The van der Waals surface area contributed by atoms with Gasteiger partial charge in [0, 0.05) is 32.1 Å². The number of nitrogens with one attached hydrogen (secondary N) is 1. The van der Waals surface area contributed by atoms with Gasteiger partial charge in [-0.15, -0.1) is 0 Å². The standard InChI is InChI=1S/C12H17N3O2/c16-11-10(13-4-5-14-11)15-6-1-12(2-7-15)3-8-17-9-12/h4-5H,1-3,6-9H2,(H,14,16). The van der Waals surface area contributed by atoms with Gasteiger partial charge in [-0.05, 0) is 24.7 Å². The smallest absolute Gasteiger partial charge is 0.290 e. The van der Waals surface area contributed by atoms with Crippen LogP contribution >= 0.6 is 0 Å². The number of hydrogen-bond acceptors (Lipinski definition) is 4. The van der Waals surface area contributed by atoms with E-state index in [1.807, 2.05) is 0 Å². The monoisotopic (exact) mass is 235 g/mol. The lowest BCUT2D eigenvalue weighted by atomic mass is 9.78. The minimum Gasteiger partial charge on any atom is -0.381 e. The number of aromatic nitrogens is 2. The molecular weight excluding hydrogens is 218 g/mol. The second-order valence-corrected chi connectivity index (χ2v) is 5.03. The molecule has 1 N–H and O–H groups in total. The average Bonchev–Trinajstić information content (AvgIpc) is 2.80. The maximum Gasteiger partial charge on any atom is 0.290 e. The zero-order chi connectivity index (χ0) is 11.7. The summed E-state index contributed by atoms with van der Waals surface area (Å²) in [5.41, 5.74) is 0.282. The van der Waals surface area contributed by atoms with Crippen LogP contribution in [-0.4, -0.2) is 36.3 Å². The number of piperidine rings is 1. The number of ether oxygens (including phenoxy) is 1. The molecule has 17 heavy (non-hydrogen) atoms. The van der Waals surface area contributed by atoms with Crippen LogP contribution < -0.4 is 10.5 Å². The van der Waals surface area contributed by atoms with Gasteiger partial charge in [0.25, 0.3) is 5.56 Å². The third kappa shape index (κ3) is 1.95. The van der Waals surface area contributed by atoms with Crippen LogP contribution in [0.15, 0.2) is 17.2 Å². The summed E-state index contributed by atoms with van der Waals surface area (Å²) in [7, 11) is 0. The Kier molecular flexibility index (Phi) is 2.63. The van der Waals surface area contributed by atoms with Crippen molar-refractivity contribution in [1.82, 2.24) is 9.97 Å². The summed E-state index contributed by atoms with van der Waals surface area (Å²) in [4.78, 5) is 20.6. The van der Waals surface area contributed by atoms with Crippen LogP contribution in [0.5, 0.6) is 0 Å². The van der Waals surface area contributed by atoms with Crippen LogP contribution in [0.4, 0.5) is 5.82 Å². The van der Waals surface area contributed by atoms with E-state index in [2.05, 4.69) is 14.9 Å². The molecule has 0 aliphatic carbocycles. The van der Waals surface area contributed by atoms with Gasteiger partial charge in [-0.1, -0.05) is 0 Å². The minimum absolute atomic E-state index is 0.0916. The third-order valence-electron chi connectivity index (χ3n) is 4.00. The SMILES string of the molecule is O=c1[nH]ccnc1N1CCC2(CCOC2)CC1. The third-order valence-corrected chi connectivity index (χ3v) is 4.00. The van der Waals surface area contributed by atoms with Gasteiger partial charge in [0.05, 0.1) is 6.61 Å². The zero-order valence-corrected chi connectivity index (χ0v) is 9.82. The number of nitrogens with zero attached hydrogens (tertiary/aromatic N) is 2. The second kappa shape index (κ2) is 4.14. The van der Waals surface area contributed by atoms with Crippen molar-refractivity contribution in [2.24, 2.45) is 5.41 Å². The Balaban J connectivity index is 1.73. The molecule has 2 saturated heterocycles. The largest absolute Gasteiger partial charge is 0.381 e. The predicted molar refractivity (Wildman–Crippen MR) is 64.2 cm³/mol. The van der Waals surface area contributed by atoms with Crippen molar-refractivity contribution in [3.8, 4) is 0 Å². The number of H-pyrrole nitrogens is 1. The summed E-state index contributed by atoms with van der Waals surface area (Å²) in [6.07, 6.45) is 6.58. The van der Waals surface area contributed by atoms with Crippen LogP contribution in [-0.2, 0) is 4.74 Å². The van der Waals surface area contributed by atoms with E-state index in [1.165, 1.54) is 6.42 Å². The molecule has 0 unspecified atom stereocenters. The van der Waals surface area contributed by atoms with E-state index < -0.39 is 0 Å².